The highest BCUT2D eigenvalue weighted by Gasteiger charge is 2.30. The summed E-state index contributed by atoms with van der Waals surface area (Å²) in [5, 5.41) is 0. The molecular formula is C15H11FO2. The SMILES string of the molecule is Cc1ccc2c(c1F)C(C=O)c1ccccc1O2. The number of carbonyl (C=O) groups excluding carboxylic acids is 1. The molecule has 2 aromatic carbocycles. The first-order chi connectivity index (χ1) is 8.72. The van der Waals surface area contributed by atoms with E-state index in [9.17, 15) is 9.18 Å². The van der Waals surface area contributed by atoms with Crippen LogP contribution in [-0.4, -0.2) is 6.29 Å². The Morgan fingerprint density at radius 1 is 1.17 bits per heavy atom. The van der Waals surface area contributed by atoms with Crippen molar-refractivity contribution in [3.05, 3.63) is 58.9 Å². The quantitative estimate of drug-likeness (QED) is 0.714. The van der Waals surface area contributed by atoms with Gasteiger partial charge in [-0.1, -0.05) is 24.3 Å². The van der Waals surface area contributed by atoms with Gasteiger partial charge >= 0.3 is 0 Å². The van der Waals surface area contributed by atoms with Crippen molar-refractivity contribution in [2.45, 2.75) is 12.8 Å². The summed E-state index contributed by atoms with van der Waals surface area (Å²) < 4.78 is 19.8. The van der Waals surface area contributed by atoms with Crippen molar-refractivity contribution in [2.24, 2.45) is 0 Å². The predicted octanol–water partition coefficient (Wildman–Crippen LogP) is 3.57. The number of para-hydroxylation sites is 1. The van der Waals surface area contributed by atoms with Crippen LogP contribution >= 0.6 is 0 Å². The number of hydrogen-bond acceptors (Lipinski definition) is 2. The average molecular weight is 242 g/mol. The van der Waals surface area contributed by atoms with Gasteiger partial charge in [0, 0.05) is 11.1 Å². The Balaban J connectivity index is 2.28. The van der Waals surface area contributed by atoms with Crippen LogP contribution < -0.4 is 4.74 Å². The summed E-state index contributed by atoms with van der Waals surface area (Å²) in [4.78, 5) is 11.3. The van der Waals surface area contributed by atoms with Gasteiger partial charge in [-0.25, -0.2) is 4.39 Å². The maximum Gasteiger partial charge on any atom is 0.134 e. The van der Waals surface area contributed by atoms with E-state index in [-0.39, 0.29) is 5.82 Å². The smallest absolute Gasteiger partial charge is 0.134 e. The number of benzene rings is 2. The van der Waals surface area contributed by atoms with Crippen LogP contribution in [0, 0.1) is 12.7 Å². The van der Waals surface area contributed by atoms with Crippen molar-refractivity contribution in [2.75, 3.05) is 0 Å². The lowest BCUT2D eigenvalue weighted by atomic mass is 9.88. The highest BCUT2D eigenvalue weighted by molar-refractivity contribution is 5.74. The second-order valence-electron chi connectivity index (χ2n) is 4.36. The van der Waals surface area contributed by atoms with E-state index in [1.165, 1.54) is 0 Å². The molecule has 1 aliphatic heterocycles. The van der Waals surface area contributed by atoms with E-state index in [1.807, 2.05) is 12.1 Å². The van der Waals surface area contributed by atoms with Crippen molar-refractivity contribution >= 4 is 6.29 Å². The van der Waals surface area contributed by atoms with Crippen LogP contribution in [0.4, 0.5) is 4.39 Å². The fraction of sp³-hybridized carbons (Fsp3) is 0.133. The molecule has 1 unspecified atom stereocenters. The van der Waals surface area contributed by atoms with E-state index in [4.69, 9.17) is 4.74 Å². The third kappa shape index (κ3) is 1.44. The van der Waals surface area contributed by atoms with Gasteiger partial charge in [-0.3, -0.25) is 0 Å². The molecule has 1 heterocycles. The molecule has 0 amide bonds. The first-order valence-corrected chi connectivity index (χ1v) is 5.73. The van der Waals surface area contributed by atoms with Crippen LogP contribution in [-0.2, 0) is 4.79 Å². The summed E-state index contributed by atoms with van der Waals surface area (Å²) in [6.45, 7) is 1.68. The molecule has 2 nitrogen and oxygen atoms in total. The number of rotatable bonds is 1. The lowest BCUT2D eigenvalue weighted by Crippen LogP contribution is -2.13. The molecular weight excluding hydrogens is 231 g/mol. The summed E-state index contributed by atoms with van der Waals surface area (Å²) in [5.74, 6) is 0.0863. The Morgan fingerprint density at radius 2 is 1.94 bits per heavy atom. The van der Waals surface area contributed by atoms with E-state index in [2.05, 4.69) is 0 Å². The molecule has 0 spiro atoms. The van der Waals surface area contributed by atoms with Crippen LogP contribution in [0.2, 0.25) is 0 Å². The highest BCUT2D eigenvalue weighted by atomic mass is 19.1. The number of halogens is 1. The van der Waals surface area contributed by atoms with E-state index in [0.717, 1.165) is 6.29 Å². The number of fused-ring (bicyclic) bond motifs is 2. The average Bonchev–Trinajstić information content (AvgIpc) is 2.41. The van der Waals surface area contributed by atoms with Gasteiger partial charge in [0.15, 0.2) is 0 Å². The van der Waals surface area contributed by atoms with E-state index < -0.39 is 5.92 Å². The predicted molar refractivity (Wildman–Crippen MR) is 65.6 cm³/mol. The molecule has 0 bridgehead atoms. The molecule has 3 rings (SSSR count). The molecule has 2 aromatic rings. The van der Waals surface area contributed by atoms with Gasteiger partial charge in [0.2, 0.25) is 0 Å². The Bertz CT molecular complexity index is 634. The first kappa shape index (κ1) is 11.0. The second kappa shape index (κ2) is 3.95. The van der Waals surface area contributed by atoms with Gasteiger partial charge in [0.05, 0.1) is 5.92 Å². The van der Waals surface area contributed by atoms with Crippen LogP contribution in [0.25, 0.3) is 0 Å². The van der Waals surface area contributed by atoms with Gasteiger partial charge in [0.25, 0.3) is 0 Å². The standard InChI is InChI=1S/C15H11FO2/c1-9-6-7-13-14(15(9)16)11(8-17)10-4-2-3-5-12(10)18-13/h2-8,11H,1H3. The van der Waals surface area contributed by atoms with Crippen molar-refractivity contribution in [1.29, 1.82) is 0 Å². The Hall–Kier alpha value is -2.16. The van der Waals surface area contributed by atoms with Gasteiger partial charge in [0.1, 0.15) is 23.6 Å². The Labute approximate surface area is 104 Å². The van der Waals surface area contributed by atoms with E-state index in [1.54, 1.807) is 31.2 Å². The molecule has 0 aliphatic carbocycles. The van der Waals surface area contributed by atoms with Crippen LogP contribution in [0.5, 0.6) is 11.5 Å². The van der Waals surface area contributed by atoms with E-state index in [0.29, 0.717) is 28.2 Å². The molecule has 0 fully saturated rings. The van der Waals surface area contributed by atoms with Crippen molar-refractivity contribution in [3.8, 4) is 11.5 Å². The van der Waals surface area contributed by atoms with Gasteiger partial charge < -0.3 is 9.53 Å². The topological polar surface area (TPSA) is 26.3 Å². The second-order valence-corrected chi connectivity index (χ2v) is 4.36. The maximum atomic E-state index is 14.2. The first-order valence-electron chi connectivity index (χ1n) is 5.73. The van der Waals surface area contributed by atoms with Crippen molar-refractivity contribution in [1.82, 2.24) is 0 Å². The zero-order chi connectivity index (χ0) is 12.7. The molecule has 0 aromatic heterocycles. The number of ether oxygens (including phenoxy) is 1. The third-order valence-electron chi connectivity index (χ3n) is 3.25. The number of hydrogen-bond donors (Lipinski definition) is 0. The molecule has 0 N–H and O–H groups in total. The van der Waals surface area contributed by atoms with Crippen LogP contribution in [0.1, 0.15) is 22.6 Å². The summed E-state index contributed by atoms with van der Waals surface area (Å²) in [7, 11) is 0. The molecule has 18 heavy (non-hydrogen) atoms. The minimum atomic E-state index is -0.593. The zero-order valence-electron chi connectivity index (χ0n) is 9.81. The van der Waals surface area contributed by atoms with Gasteiger partial charge in [-0.05, 0) is 24.6 Å². The fourth-order valence-electron chi connectivity index (χ4n) is 2.31. The van der Waals surface area contributed by atoms with Gasteiger partial charge in [-0.2, -0.15) is 0 Å². The normalized spacial score (nSPS) is 16.4. The molecule has 0 saturated heterocycles. The number of carbonyl (C=O) groups is 1. The Kier molecular flexibility index (Phi) is 2.40. The highest BCUT2D eigenvalue weighted by Crippen LogP contribution is 2.44. The molecule has 1 aliphatic rings. The van der Waals surface area contributed by atoms with Crippen molar-refractivity contribution in [3.63, 3.8) is 0 Å². The molecule has 1 atom stereocenters. The summed E-state index contributed by atoms with van der Waals surface area (Å²) in [6, 6.07) is 10.6. The minimum absolute atomic E-state index is 0.337. The molecule has 3 heteroatoms. The largest absolute Gasteiger partial charge is 0.457 e. The zero-order valence-corrected chi connectivity index (χ0v) is 9.81. The van der Waals surface area contributed by atoms with Crippen LogP contribution in [0.15, 0.2) is 36.4 Å². The number of aldehydes is 1. The summed E-state index contributed by atoms with van der Waals surface area (Å²) in [6.07, 6.45) is 0.767. The monoisotopic (exact) mass is 242 g/mol. The molecule has 0 saturated carbocycles. The summed E-state index contributed by atoms with van der Waals surface area (Å²) >= 11 is 0. The van der Waals surface area contributed by atoms with Crippen molar-refractivity contribution < 1.29 is 13.9 Å². The number of aryl methyl sites for hydroxylation is 1. The fourth-order valence-corrected chi connectivity index (χ4v) is 2.31. The molecule has 0 radical (unpaired) electrons. The lowest BCUT2D eigenvalue weighted by molar-refractivity contribution is -0.108. The van der Waals surface area contributed by atoms with E-state index >= 15 is 0 Å². The Morgan fingerprint density at radius 3 is 2.72 bits per heavy atom. The molecule has 90 valence electrons. The van der Waals surface area contributed by atoms with Crippen LogP contribution in [0.3, 0.4) is 0 Å². The lowest BCUT2D eigenvalue weighted by Gasteiger charge is -2.25. The summed E-state index contributed by atoms with van der Waals surface area (Å²) in [5.41, 5.74) is 1.57. The third-order valence-corrected chi connectivity index (χ3v) is 3.25. The maximum absolute atomic E-state index is 14.2. The van der Waals surface area contributed by atoms with Gasteiger partial charge in [-0.15, -0.1) is 0 Å². The minimum Gasteiger partial charge on any atom is -0.457 e.